The monoisotopic (exact) mass is 219 g/mol. The zero-order valence-electron chi connectivity index (χ0n) is 8.85. The molecular formula is C11H13N3O2. The topological polar surface area (TPSA) is 72.0 Å². The standard InChI is InChI=1S/C11H13N3O2/c15-10-3-1-8(2-4-10)11(16)14-9-5-12-7-13-6-9/h5-8H,1-4H2,(H,14,16). The van der Waals surface area contributed by atoms with E-state index < -0.39 is 0 Å². The summed E-state index contributed by atoms with van der Waals surface area (Å²) in [5, 5.41) is 2.75. The lowest BCUT2D eigenvalue weighted by atomic mass is 9.88. The lowest BCUT2D eigenvalue weighted by molar-refractivity contribution is -0.125. The van der Waals surface area contributed by atoms with Gasteiger partial charge in [0.15, 0.2) is 0 Å². The van der Waals surface area contributed by atoms with Crippen LogP contribution in [0.1, 0.15) is 25.7 Å². The molecule has 1 amide bonds. The molecule has 0 aromatic carbocycles. The van der Waals surface area contributed by atoms with Gasteiger partial charge in [0, 0.05) is 18.8 Å². The van der Waals surface area contributed by atoms with Crippen LogP contribution < -0.4 is 5.32 Å². The minimum Gasteiger partial charge on any atom is -0.323 e. The Morgan fingerprint density at radius 1 is 1.25 bits per heavy atom. The van der Waals surface area contributed by atoms with Gasteiger partial charge < -0.3 is 5.32 Å². The first-order chi connectivity index (χ1) is 7.75. The summed E-state index contributed by atoms with van der Waals surface area (Å²) in [4.78, 5) is 30.5. The number of aromatic nitrogens is 2. The molecule has 0 saturated heterocycles. The minimum atomic E-state index is -0.0575. The van der Waals surface area contributed by atoms with Crippen molar-refractivity contribution in [1.29, 1.82) is 0 Å². The van der Waals surface area contributed by atoms with Crippen molar-refractivity contribution < 1.29 is 9.59 Å². The number of ketones is 1. The summed E-state index contributed by atoms with van der Waals surface area (Å²) >= 11 is 0. The van der Waals surface area contributed by atoms with Crippen molar-refractivity contribution >= 4 is 17.4 Å². The molecule has 2 rings (SSSR count). The molecule has 1 aromatic rings. The first-order valence-electron chi connectivity index (χ1n) is 5.33. The lowest BCUT2D eigenvalue weighted by Gasteiger charge is -2.19. The highest BCUT2D eigenvalue weighted by atomic mass is 16.2. The molecule has 0 radical (unpaired) electrons. The fourth-order valence-corrected chi connectivity index (χ4v) is 1.81. The highest BCUT2D eigenvalue weighted by Crippen LogP contribution is 2.22. The van der Waals surface area contributed by atoms with Crippen LogP contribution in [-0.2, 0) is 9.59 Å². The molecule has 1 heterocycles. The Morgan fingerprint density at radius 2 is 1.88 bits per heavy atom. The second-order valence-electron chi connectivity index (χ2n) is 3.93. The molecule has 16 heavy (non-hydrogen) atoms. The van der Waals surface area contributed by atoms with Crippen molar-refractivity contribution in [2.75, 3.05) is 5.32 Å². The van der Waals surface area contributed by atoms with Crippen molar-refractivity contribution in [2.45, 2.75) is 25.7 Å². The number of carbonyl (C=O) groups excluding carboxylic acids is 2. The van der Waals surface area contributed by atoms with Crippen LogP contribution in [0.25, 0.3) is 0 Å². The van der Waals surface area contributed by atoms with E-state index in [1.807, 2.05) is 0 Å². The number of Topliss-reactive ketones (excluding diaryl/α,β-unsaturated/α-hetero) is 1. The third kappa shape index (κ3) is 2.62. The maximum absolute atomic E-state index is 11.8. The van der Waals surface area contributed by atoms with Gasteiger partial charge in [-0.2, -0.15) is 0 Å². The molecule has 1 aromatic heterocycles. The normalized spacial score (nSPS) is 17.1. The van der Waals surface area contributed by atoms with Crippen LogP contribution in [0.3, 0.4) is 0 Å². The maximum atomic E-state index is 11.8. The van der Waals surface area contributed by atoms with Crippen molar-refractivity contribution in [3.8, 4) is 0 Å². The van der Waals surface area contributed by atoms with E-state index in [2.05, 4.69) is 15.3 Å². The summed E-state index contributed by atoms with van der Waals surface area (Å²) in [5.74, 6) is 0.160. The number of nitrogens with zero attached hydrogens (tertiary/aromatic N) is 2. The fourth-order valence-electron chi connectivity index (χ4n) is 1.81. The quantitative estimate of drug-likeness (QED) is 0.810. The summed E-state index contributed by atoms with van der Waals surface area (Å²) in [5.41, 5.74) is 0.601. The van der Waals surface area contributed by atoms with Gasteiger partial charge in [-0.15, -0.1) is 0 Å². The van der Waals surface area contributed by atoms with Crippen molar-refractivity contribution in [2.24, 2.45) is 5.92 Å². The van der Waals surface area contributed by atoms with Crippen LogP contribution in [0.15, 0.2) is 18.7 Å². The van der Waals surface area contributed by atoms with Gasteiger partial charge in [0.1, 0.15) is 12.1 Å². The average molecular weight is 219 g/mol. The van der Waals surface area contributed by atoms with Gasteiger partial charge in [-0.1, -0.05) is 0 Å². The van der Waals surface area contributed by atoms with Crippen molar-refractivity contribution in [1.82, 2.24) is 9.97 Å². The number of rotatable bonds is 2. The second-order valence-corrected chi connectivity index (χ2v) is 3.93. The van der Waals surface area contributed by atoms with Crippen molar-refractivity contribution in [3.63, 3.8) is 0 Å². The van der Waals surface area contributed by atoms with Crippen LogP contribution in [0.4, 0.5) is 5.69 Å². The lowest BCUT2D eigenvalue weighted by Crippen LogP contribution is -2.27. The van der Waals surface area contributed by atoms with E-state index in [9.17, 15) is 9.59 Å². The predicted molar refractivity (Wildman–Crippen MR) is 57.6 cm³/mol. The first-order valence-corrected chi connectivity index (χ1v) is 5.33. The molecule has 84 valence electrons. The van der Waals surface area contributed by atoms with Gasteiger partial charge in [0.05, 0.1) is 18.1 Å². The zero-order chi connectivity index (χ0) is 11.4. The number of anilines is 1. The molecule has 1 fully saturated rings. The molecule has 0 bridgehead atoms. The summed E-state index contributed by atoms with van der Waals surface area (Å²) in [7, 11) is 0. The molecule has 1 saturated carbocycles. The molecule has 5 heteroatoms. The average Bonchev–Trinajstić information content (AvgIpc) is 2.31. The van der Waals surface area contributed by atoms with Gasteiger partial charge >= 0.3 is 0 Å². The summed E-state index contributed by atoms with van der Waals surface area (Å²) in [6.45, 7) is 0. The van der Waals surface area contributed by atoms with Gasteiger partial charge in [-0.05, 0) is 12.8 Å². The predicted octanol–water partition coefficient (Wildman–Crippen LogP) is 1.17. The Morgan fingerprint density at radius 3 is 2.50 bits per heavy atom. The number of carbonyl (C=O) groups is 2. The Hall–Kier alpha value is -1.78. The third-order valence-electron chi connectivity index (χ3n) is 2.74. The van der Waals surface area contributed by atoms with Gasteiger partial charge in [0.25, 0.3) is 0 Å². The number of hydrogen-bond donors (Lipinski definition) is 1. The SMILES string of the molecule is O=C1CCC(C(=O)Nc2cncnc2)CC1. The molecule has 1 aliphatic carbocycles. The molecule has 0 spiro atoms. The van der Waals surface area contributed by atoms with Crippen LogP contribution in [0, 0.1) is 5.92 Å². The van der Waals surface area contributed by atoms with Crippen molar-refractivity contribution in [3.05, 3.63) is 18.7 Å². The van der Waals surface area contributed by atoms with Crippen LogP contribution in [-0.4, -0.2) is 21.7 Å². The first kappa shape index (κ1) is 10.7. The molecule has 1 N–H and O–H groups in total. The van der Waals surface area contributed by atoms with Crippen LogP contribution in [0.5, 0.6) is 0 Å². The molecular weight excluding hydrogens is 206 g/mol. The Balaban J connectivity index is 1.91. The molecule has 5 nitrogen and oxygen atoms in total. The number of nitrogens with one attached hydrogen (secondary N) is 1. The van der Waals surface area contributed by atoms with Gasteiger partial charge in [-0.3, -0.25) is 9.59 Å². The molecule has 0 unspecified atom stereocenters. The Bertz CT molecular complexity index is 381. The largest absolute Gasteiger partial charge is 0.323 e. The maximum Gasteiger partial charge on any atom is 0.227 e. The highest BCUT2D eigenvalue weighted by molar-refractivity contribution is 5.93. The van der Waals surface area contributed by atoms with E-state index in [1.165, 1.54) is 6.33 Å². The van der Waals surface area contributed by atoms with Gasteiger partial charge in [0.2, 0.25) is 5.91 Å². The summed E-state index contributed by atoms with van der Waals surface area (Å²) in [6.07, 6.45) is 6.86. The Kier molecular flexibility index (Phi) is 3.24. The summed E-state index contributed by atoms with van der Waals surface area (Å²) in [6, 6.07) is 0. The van der Waals surface area contributed by atoms with E-state index >= 15 is 0 Å². The third-order valence-corrected chi connectivity index (χ3v) is 2.74. The molecule has 1 aliphatic rings. The van der Waals surface area contributed by atoms with E-state index in [0.29, 0.717) is 31.4 Å². The highest BCUT2D eigenvalue weighted by Gasteiger charge is 2.24. The molecule has 0 aliphatic heterocycles. The molecule has 0 atom stereocenters. The minimum absolute atomic E-state index is 0.0395. The van der Waals surface area contributed by atoms with Crippen LogP contribution >= 0.6 is 0 Å². The smallest absolute Gasteiger partial charge is 0.227 e. The van der Waals surface area contributed by atoms with E-state index in [4.69, 9.17) is 0 Å². The van der Waals surface area contributed by atoms with E-state index in [-0.39, 0.29) is 17.6 Å². The van der Waals surface area contributed by atoms with E-state index in [0.717, 1.165) is 0 Å². The number of amides is 1. The fraction of sp³-hybridized carbons (Fsp3) is 0.455. The zero-order valence-corrected chi connectivity index (χ0v) is 8.85. The second kappa shape index (κ2) is 4.83. The van der Waals surface area contributed by atoms with E-state index in [1.54, 1.807) is 12.4 Å². The Labute approximate surface area is 93.3 Å². The van der Waals surface area contributed by atoms with Gasteiger partial charge in [-0.25, -0.2) is 9.97 Å². The summed E-state index contributed by atoms with van der Waals surface area (Å²) < 4.78 is 0. The van der Waals surface area contributed by atoms with Crippen LogP contribution in [0.2, 0.25) is 0 Å². The number of hydrogen-bond acceptors (Lipinski definition) is 4.